The van der Waals surface area contributed by atoms with Crippen LogP contribution in [0.25, 0.3) is 0 Å². The summed E-state index contributed by atoms with van der Waals surface area (Å²) >= 11 is 0. The number of ether oxygens (including phenoxy) is 2. The molecule has 1 saturated heterocycles. The maximum atomic E-state index is 12.2. The third-order valence-electron chi connectivity index (χ3n) is 4.07. The number of carbonyl (C=O) groups excluding carboxylic acids is 2. The van der Waals surface area contributed by atoms with Crippen molar-refractivity contribution in [2.75, 3.05) is 19.6 Å². The molecule has 0 saturated carbocycles. The number of hydrogen-bond donors (Lipinski definition) is 2. The highest BCUT2D eigenvalue weighted by Crippen LogP contribution is 2.19. The van der Waals surface area contributed by atoms with Crippen molar-refractivity contribution in [2.45, 2.75) is 45.5 Å². The van der Waals surface area contributed by atoms with Crippen LogP contribution < -0.4 is 5.32 Å². The van der Waals surface area contributed by atoms with Crippen molar-refractivity contribution in [3.8, 4) is 0 Å². The number of nitrogens with zero attached hydrogens (tertiary/aromatic N) is 1. The Kier molecular flexibility index (Phi) is 6.85. The quantitative estimate of drug-likeness (QED) is 0.857. The van der Waals surface area contributed by atoms with Gasteiger partial charge < -0.3 is 24.8 Å². The van der Waals surface area contributed by atoms with Crippen LogP contribution in [-0.4, -0.2) is 53.5 Å². The summed E-state index contributed by atoms with van der Waals surface area (Å²) in [5, 5.41) is 12.8. The van der Waals surface area contributed by atoms with Crippen LogP contribution >= 0.6 is 0 Å². The third-order valence-corrected chi connectivity index (χ3v) is 4.07. The molecule has 1 aliphatic heterocycles. The molecule has 1 aromatic rings. The lowest BCUT2D eigenvalue weighted by atomic mass is 9.95. The van der Waals surface area contributed by atoms with Gasteiger partial charge in [-0.25, -0.2) is 9.59 Å². The number of aliphatic hydroxyl groups excluding tert-OH is 1. The van der Waals surface area contributed by atoms with Crippen LogP contribution in [0.2, 0.25) is 0 Å². The fourth-order valence-corrected chi connectivity index (χ4v) is 2.70. The van der Waals surface area contributed by atoms with Gasteiger partial charge in [0, 0.05) is 25.6 Å². The number of aliphatic hydroxyl groups is 1. The molecule has 0 radical (unpaired) electrons. The molecule has 2 N–H and O–H groups in total. The summed E-state index contributed by atoms with van der Waals surface area (Å²) in [6, 6.07) is 9.39. The Morgan fingerprint density at radius 1 is 1.27 bits per heavy atom. The van der Waals surface area contributed by atoms with E-state index in [-0.39, 0.29) is 19.1 Å². The molecule has 2 rings (SSSR count). The van der Waals surface area contributed by atoms with E-state index in [0.717, 1.165) is 5.56 Å². The summed E-state index contributed by atoms with van der Waals surface area (Å²) < 4.78 is 10.5. The number of carbonyl (C=O) groups is 2. The topological polar surface area (TPSA) is 88.1 Å². The highest BCUT2D eigenvalue weighted by Gasteiger charge is 2.32. The molecule has 1 aromatic carbocycles. The third kappa shape index (κ3) is 6.55. The summed E-state index contributed by atoms with van der Waals surface area (Å²) in [5.74, 6) is -0.263. The number of likely N-dealkylation sites (tertiary alicyclic amines) is 1. The van der Waals surface area contributed by atoms with Crippen LogP contribution in [0.4, 0.5) is 9.59 Å². The Balaban J connectivity index is 1.78. The van der Waals surface area contributed by atoms with Gasteiger partial charge in [0.2, 0.25) is 0 Å². The van der Waals surface area contributed by atoms with E-state index >= 15 is 0 Å². The van der Waals surface area contributed by atoms with Crippen LogP contribution in [0.3, 0.4) is 0 Å². The molecule has 1 fully saturated rings. The maximum Gasteiger partial charge on any atom is 0.410 e. The Labute approximate surface area is 154 Å². The first kappa shape index (κ1) is 20.0. The van der Waals surface area contributed by atoms with Crippen LogP contribution in [0.1, 0.15) is 32.8 Å². The largest absolute Gasteiger partial charge is 0.445 e. The number of benzene rings is 1. The first-order valence-corrected chi connectivity index (χ1v) is 8.85. The number of nitrogens with one attached hydrogen (secondary N) is 1. The summed E-state index contributed by atoms with van der Waals surface area (Å²) in [5.41, 5.74) is 0.332. The Bertz CT molecular complexity index is 600. The van der Waals surface area contributed by atoms with Gasteiger partial charge in [0.1, 0.15) is 12.2 Å². The average molecular weight is 364 g/mol. The fraction of sp³-hybridized carbons (Fsp3) is 0.579. The Morgan fingerprint density at radius 3 is 2.62 bits per heavy atom. The average Bonchev–Trinajstić information content (AvgIpc) is 2.58. The van der Waals surface area contributed by atoms with E-state index in [1.165, 1.54) is 0 Å². The molecule has 26 heavy (non-hydrogen) atoms. The lowest BCUT2D eigenvalue weighted by Crippen LogP contribution is -2.50. The molecule has 0 unspecified atom stereocenters. The van der Waals surface area contributed by atoms with Crippen molar-refractivity contribution in [1.82, 2.24) is 10.2 Å². The predicted molar refractivity (Wildman–Crippen MR) is 96.6 cm³/mol. The van der Waals surface area contributed by atoms with Gasteiger partial charge in [0.25, 0.3) is 0 Å². The summed E-state index contributed by atoms with van der Waals surface area (Å²) in [4.78, 5) is 25.6. The minimum Gasteiger partial charge on any atom is -0.445 e. The predicted octanol–water partition coefficient (Wildman–Crippen LogP) is 2.53. The van der Waals surface area contributed by atoms with Gasteiger partial charge in [-0.2, -0.15) is 0 Å². The first-order chi connectivity index (χ1) is 12.2. The van der Waals surface area contributed by atoms with Crippen LogP contribution in [-0.2, 0) is 16.1 Å². The van der Waals surface area contributed by atoms with E-state index < -0.39 is 23.9 Å². The molecule has 0 spiro atoms. The van der Waals surface area contributed by atoms with E-state index in [2.05, 4.69) is 5.32 Å². The molecule has 0 aromatic heterocycles. The maximum absolute atomic E-state index is 12.2. The van der Waals surface area contributed by atoms with Crippen molar-refractivity contribution >= 4 is 12.2 Å². The van der Waals surface area contributed by atoms with Gasteiger partial charge >= 0.3 is 12.2 Å². The summed E-state index contributed by atoms with van der Waals surface area (Å²) in [6.07, 6.45) is -1.08. The van der Waals surface area contributed by atoms with E-state index in [4.69, 9.17) is 9.47 Å². The van der Waals surface area contributed by atoms with Crippen molar-refractivity contribution in [2.24, 2.45) is 5.92 Å². The number of piperidine rings is 1. The lowest BCUT2D eigenvalue weighted by Gasteiger charge is -2.36. The second-order valence-electron chi connectivity index (χ2n) is 7.49. The van der Waals surface area contributed by atoms with Crippen molar-refractivity contribution in [3.63, 3.8) is 0 Å². The van der Waals surface area contributed by atoms with Crippen LogP contribution in [0.5, 0.6) is 0 Å². The Hall–Kier alpha value is -2.28. The normalized spacial score (nSPS) is 20.4. The fourth-order valence-electron chi connectivity index (χ4n) is 2.70. The van der Waals surface area contributed by atoms with Gasteiger partial charge in [-0.15, -0.1) is 0 Å². The summed E-state index contributed by atoms with van der Waals surface area (Å²) in [7, 11) is 0. The minimum atomic E-state index is -0.580. The second-order valence-corrected chi connectivity index (χ2v) is 7.49. The monoisotopic (exact) mass is 364 g/mol. The van der Waals surface area contributed by atoms with Crippen LogP contribution in [0.15, 0.2) is 30.3 Å². The molecule has 2 atom stereocenters. The lowest BCUT2D eigenvalue weighted by molar-refractivity contribution is -0.00794. The number of alkyl carbamates (subject to hydrolysis) is 1. The number of rotatable bonds is 4. The molecular weight excluding hydrogens is 336 g/mol. The second kappa shape index (κ2) is 8.89. The number of amides is 2. The van der Waals surface area contributed by atoms with Gasteiger partial charge in [0.05, 0.1) is 6.10 Å². The molecule has 0 bridgehead atoms. The molecule has 7 heteroatoms. The molecule has 1 aliphatic rings. The number of hydrogen-bond acceptors (Lipinski definition) is 5. The van der Waals surface area contributed by atoms with Crippen molar-refractivity contribution in [1.29, 1.82) is 0 Å². The molecule has 7 nitrogen and oxygen atoms in total. The molecule has 0 aliphatic carbocycles. The molecule has 144 valence electrons. The van der Waals surface area contributed by atoms with E-state index in [9.17, 15) is 14.7 Å². The Morgan fingerprint density at radius 2 is 1.96 bits per heavy atom. The molecule has 1 heterocycles. The van der Waals surface area contributed by atoms with Gasteiger partial charge in [-0.3, -0.25) is 0 Å². The zero-order chi connectivity index (χ0) is 19.2. The van der Waals surface area contributed by atoms with Crippen molar-refractivity contribution in [3.05, 3.63) is 35.9 Å². The SMILES string of the molecule is CC(C)(C)OC(=O)N1CC[C@@H](O)[C@H](CNC(=O)OCc2ccccc2)C1. The van der Waals surface area contributed by atoms with E-state index in [0.29, 0.717) is 19.5 Å². The highest BCUT2D eigenvalue weighted by atomic mass is 16.6. The standard InChI is InChI=1S/C19H28N2O5/c1-19(2,3)26-18(24)21-10-9-16(22)15(12-21)11-20-17(23)25-13-14-7-5-4-6-8-14/h4-8,15-16,22H,9-13H2,1-3H3,(H,20,23)/t15-,16-/m1/s1. The zero-order valence-corrected chi connectivity index (χ0v) is 15.6. The van der Waals surface area contributed by atoms with Crippen molar-refractivity contribution < 1.29 is 24.2 Å². The van der Waals surface area contributed by atoms with Gasteiger partial charge in [-0.1, -0.05) is 30.3 Å². The molecule has 2 amide bonds. The summed E-state index contributed by atoms with van der Waals surface area (Å²) in [6.45, 7) is 6.61. The minimum absolute atomic E-state index is 0.184. The van der Waals surface area contributed by atoms with E-state index in [1.807, 2.05) is 51.1 Å². The van der Waals surface area contributed by atoms with Crippen LogP contribution in [0, 0.1) is 5.92 Å². The molecular formula is C19H28N2O5. The zero-order valence-electron chi connectivity index (χ0n) is 15.6. The van der Waals surface area contributed by atoms with Gasteiger partial charge in [-0.05, 0) is 32.8 Å². The highest BCUT2D eigenvalue weighted by molar-refractivity contribution is 5.68. The van der Waals surface area contributed by atoms with E-state index in [1.54, 1.807) is 4.90 Å². The smallest absolute Gasteiger partial charge is 0.410 e. The first-order valence-electron chi connectivity index (χ1n) is 8.85. The van der Waals surface area contributed by atoms with Gasteiger partial charge in [0.15, 0.2) is 0 Å².